The van der Waals surface area contributed by atoms with Crippen LogP contribution < -0.4 is 0 Å². The number of rotatable bonds is 5. The molecule has 2 aromatic carbocycles. The first-order valence-electron chi connectivity index (χ1n) is 6.99. The van der Waals surface area contributed by atoms with E-state index < -0.39 is 0 Å². The van der Waals surface area contributed by atoms with Crippen LogP contribution in [0.25, 0.3) is 11.1 Å². The van der Waals surface area contributed by atoms with Gasteiger partial charge in [0.25, 0.3) is 0 Å². The van der Waals surface area contributed by atoms with E-state index in [-0.39, 0.29) is 0 Å². The lowest BCUT2D eigenvalue weighted by Crippen LogP contribution is -2.02. The molecule has 1 aromatic heterocycles. The van der Waals surface area contributed by atoms with Crippen molar-refractivity contribution in [3.05, 3.63) is 72.3 Å². The monoisotopic (exact) mass is 308 g/mol. The van der Waals surface area contributed by atoms with Gasteiger partial charge in [-0.1, -0.05) is 42.5 Å². The van der Waals surface area contributed by atoms with Crippen molar-refractivity contribution >= 4 is 18.0 Å². The third-order valence-corrected chi connectivity index (χ3v) is 4.39. The number of benzene rings is 2. The normalized spacial score (nSPS) is 10.6. The average Bonchev–Trinajstić information content (AvgIpc) is 3.02. The van der Waals surface area contributed by atoms with Gasteiger partial charge in [-0.05, 0) is 29.0 Å². The van der Waals surface area contributed by atoms with Crippen LogP contribution in [0.1, 0.15) is 16.1 Å². The highest BCUT2D eigenvalue weighted by Gasteiger charge is 2.05. The number of hydrogen-bond donors (Lipinski definition) is 0. The quantitative estimate of drug-likeness (QED) is 0.525. The lowest BCUT2D eigenvalue weighted by molar-refractivity contribution is 0.111. The zero-order chi connectivity index (χ0) is 15.4. The number of carbonyl (C=O) groups excluding carboxylic acids is 1. The topological polar surface area (TPSA) is 34.9 Å². The number of carbonyl (C=O) groups is 1. The predicted octanol–water partition coefficient (Wildman–Crippen LogP) is 4.13. The molecule has 110 valence electrons. The summed E-state index contributed by atoms with van der Waals surface area (Å²) in [6.45, 7) is 0.651. The largest absolute Gasteiger partial charge is 0.324 e. The summed E-state index contributed by atoms with van der Waals surface area (Å²) in [5, 5.41) is 0. The zero-order valence-corrected chi connectivity index (χ0v) is 13.1. The third kappa shape index (κ3) is 2.97. The molecule has 0 spiro atoms. The van der Waals surface area contributed by atoms with Gasteiger partial charge in [0.2, 0.25) is 0 Å². The molecule has 0 atom stereocenters. The summed E-state index contributed by atoms with van der Waals surface area (Å²) < 4.78 is 1.85. The molecule has 0 N–H and O–H groups in total. The Hall–Kier alpha value is -2.33. The summed E-state index contributed by atoms with van der Waals surface area (Å²) in [5.41, 5.74) is 4.19. The van der Waals surface area contributed by atoms with Crippen LogP contribution in [0.5, 0.6) is 0 Å². The molecule has 3 rings (SSSR count). The first-order valence-corrected chi connectivity index (χ1v) is 8.22. The van der Waals surface area contributed by atoms with Gasteiger partial charge in [-0.15, -0.1) is 11.8 Å². The van der Waals surface area contributed by atoms with Crippen molar-refractivity contribution in [3.63, 3.8) is 0 Å². The van der Waals surface area contributed by atoms with Crippen LogP contribution in [-0.4, -0.2) is 22.1 Å². The number of aromatic nitrogens is 2. The van der Waals surface area contributed by atoms with E-state index in [1.807, 2.05) is 4.57 Å². The van der Waals surface area contributed by atoms with Crippen molar-refractivity contribution in [3.8, 4) is 11.1 Å². The van der Waals surface area contributed by atoms with Crippen molar-refractivity contribution < 1.29 is 4.79 Å². The Morgan fingerprint density at radius 2 is 1.91 bits per heavy atom. The fourth-order valence-corrected chi connectivity index (χ4v) is 3.05. The van der Waals surface area contributed by atoms with Crippen molar-refractivity contribution in [1.29, 1.82) is 0 Å². The molecule has 3 aromatic rings. The van der Waals surface area contributed by atoms with Crippen LogP contribution in [0, 0.1) is 0 Å². The highest BCUT2D eigenvalue weighted by molar-refractivity contribution is 7.98. The first kappa shape index (κ1) is 14.6. The summed E-state index contributed by atoms with van der Waals surface area (Å²) in [7, 11) is 0. The van der Waals surface area contributed by atoms with Gasteiger partial charge < -0.3 is 4.57 Å². The Morgan fingerprint density at radius 1 is 1.14 bits per heavy atom. The number of nitrogens with zero attached hydrogens (tertiary/aromatic N) is 2. The molecule has 3 nitrogen and oxygen atoms in total. The first-order chi connectivity index (χ1) is 10.8. The molecule has 22 heavy (non-hydrogen) atoms. The maximum absolute atomic E-state index is 10.9. The summed E-state index contributed by atoms with van der Waals surface area (Å²) in [4.78, 5) is 16.2. The second kappa shape index (κ2) is 6.62. The molecule has 4 heteroatoms. The molecular weight excluding hydrogens is 292 g/mol. The minimum Gasteiger partial charge on any atom is -0.324 e. The Kier molecular flexibility index (Phi) is 4.39. The smallest absolute Gasteiger partial charge is 0.168 e. The van der Waals surface area contributed by atoms with Crippen molar-refractivity contribution in [2.75, 3.05) is 6.26 Å². The van der Waals surface area contributed by atoms with Crippen LogP contribution >= 0.6 is 11.8 Å². The SMILES string of the molecule is CSc1ccccc1-c1ccc(Cn2cncc2C=O)cc1. The molecular formula is C18H16N2OS. The van der Waals surface area contributed by atoms with Crippen LogP contribution in [0.2, 0.25) is 0 Å². The number of hydrogen-bond acceptors (Lipinski definition) is 3. The van der Waals surface area contributed by atoms with Gasteiger partial charge in [-0.25, -0.2) is 4.98 Å². The van der Waals surface area contributed by atoms with Crippen molar-refractivity contribution in [1.82, 2.24) is 9.55 Å². The number of imidazole rings is 1. The Bertz CT molecular complexity index is 778. The molecule has 0 amide bonds. The molecule has 0 saturated carbocycles. The standard InChI is InChI=1S/C18H16N2OS/c1-22-18-5-3-2-4-17(18)15-8-6-14(7-9-15)11-20-13-19-10-16(20)12-21/h2-10,12-13H,11H2,1H3. The van der Waals surface area contributed by atoms with E-state index in [4.69, 9.17) is 0 Å². The van der Waals surface area contributed by atoms with E-state index >= 15 is 0 Å². The lowest BCUT2D eigenvalue weighted by Gasteiger charge is -2.09. The Morgan fingerprint density at radius 3 is 2.64 bits per heavy atom. The minimum atomic E-state index is 0.594. The molecule has 0 fully saturated rings. The summed E-state index contributed by atoms with van der Waals surface area (Å²) in [6.07, 6.45) is 6.18. The Labute approximate surface area is 134 Å². The summed E-state index contributed by atoms with van der Waals surface area (Å²) in [5.74, 6) is 0. The van der Waals surface area contributed by atoms with Gasteiger partial charge in [0, 0.05) is 11.4 Å². The number of aldehydes is 1. The highest BCUT2D eigenvalue weighted by Crippen LogP contribution is 2.30. The van der Waals surface area contributed by atoms with E-state index in [1.54, 1.807) is 24.3 Å². The summed E-state index contributed by atoms with van der Waals surface area (Å²) >= 11 is 1.75. The van der Waals surface area contributed by atoms with Gasteiger partial charge in [0.05, 0.1) is 12.5 Å². The van der Waals surface area contributed by atoms with Crippen LogP contribution in [0.4, 0.5) is 0 Å². The van der Waals surface area contributed by atoms with Crippen molar-refractivity contribution in [2.45, 2.75) is 11.4 Å². The molecule has 0 saturated heterocycles. The molecule has 1 heterocycles. The predicted molar refractivity (Wildman–Crippen MR) is 90.4 cm³/mol. The van der Waals surface area contributed by atoms with E-state index in [9.17, 15) is 4.79 Å². The van der Waals surface area contributed by atoms with E-state index in [0.717, 1.165) is 11.8 Å². The van der Waals surface area contributed by atoms with Crippen LogP contribution in [0.3, 0.4) is 0 Å². The fourth-order valence-electron chi connectivity index (χ4n) is 2.43. The van der Waals surface area contributed by atoms with E-state index in [1.165, 1.54) is 16.0 Å². The van der Waals surface area contributed by atoms with Gasteiger partial charge in [-0.3, -0.25) is 4.79 Å². The maximum atomic E-state index is 10.9. The fraction of sp³-hybridized carbons (Fsp3) is 0.111. The number of thioether (sulfide) groups is 1. The second-order valence-corrected chi connectivity index (χ2v) is 5.81. The van der Waals surface area contributed by atoms with Gasteiger partial charge in [-0.2, -0.15) is 0 Å². The minimum absolute atomic E-state index is 0.594. The molecule has 0 unspecified atom stereocenters. The zero-order valence-electron chi connectivity index (χ0n) is 12.3. The van der Waals surface area contributed by atoms with E-state index in [2.05, 4.69) is 59.8 Å². The average molecular weight is 308 g/mol. The van der Waals surface area contributed by atoms with Gasteiger partial charge in [0.1, 0.15) is 5.69 Å². The molecule has 0 aliphatic carbocycles. The second-order valence-electron chi connectivity index (χ2n) is 4.96. The molecule has 0 aliphatic rings. The molecule has 0 aliphatic heterocycles. The third-order valence-electron chi connectivity index (χ3n) is 3.59. The molecule has 0 radical (unpaired) electrons. The van der Waals surface area contributed by atoms with E-state index in [0.29, 0.717) is 12.2 Å². The van der Waals surface area contributed by atoms with Gasteiger partial charge in [0.15, 0.2) is 6.29 Å². The van der Waals surface area contributed by atoms with Crippen LogP contribution in [-0.2, 0) is 6.54 Å². The Balaban J connectivity index is 1.85. The van der Waals surface area contributed by atoms with Crippen LogP contribution in [0.15, 0.2) is 66.0 Å². The summed E-state index contributed by atoms with van der Waals surface area (Å²) in [6, 6.07) is 16.8. The maximum Gasteiger partial charge on any atom is 0.168 e. The van der Waals surface area contributed by atoms with Gasteiger partial charge >= 0.3 is 0 Å². The van der Waals surface area contributed by atoms with Crippen molar-refractivity contribution in [2.24, 2.45) is 0 Å². The highest BCUT2D eigenvalue weighted by atomic mass is 32.2. The molecule has 0 bridgehead atoms. The lowest BCUT2D eigenvalue weighted by atomic mass is 10.0.